The second kappa shape index (κ2) is 6.03. The topological polar surface area (TPSA) is 123 Å². The Morgan fingerprint density at radius 2 is 2.05 bits per heavy atom. The van der Waals surface area contributed by atoms with Gasteiger partial charge in [0, 0.05) is 6.07 Å². The van der Waals surface area contributed by atoms with Gasteiger partial charge in [0.1, 0.15) is 12.3 Å². The molecular weight excluding hydrogens is 252 g/mol. The van der Waals surface area contributed by atoms with Crippen molar-refractivity contribution < 1.29 is 23.9 Å². The van der Waals surface area contributed by atoms with Gasteiger partial charge in [0.15, 0.2) is 5.76 Å². The fraction of sp³-hybridized carbons (Fsp3) is 0.417. The fourth-order valence-corrected chi connectivity index (χ4v) is 1.52. The minimum Gasteiger partial charge on any atom is -0.480 e. The van der Waals surface area contributed by atoms with Gasteiger partial charge in [0.25, 0.3) is 11.8 Å². The molecule has 1 rings (SSSR count). The van der Waals surface area contributed by atoms with Gasteiger partial charge in [0.2, 0.25) is 0 Å². The summed E-state index contributed by atoms with van der Waals surface area (Å²) in [4.78, 5) is 33.6. The number of hydrogen-bond donors (Lipinski definition) is 3. The molecule has 104 valence electrons. The van der Waals surface area contributed by atoms with Crippen molar-refractivity contribution in [1.82, 2.24) is 5.32 Å². The van der Waals surface area contributed by atoms with Crippen LogP contribution in [-0.4, -0.2) is 28.9 Å². The Bertz CT molecular complexity index is 492. The van der Waals surface area contributed by atoms with Crippen LogP contribution in [0.4, 0.5) is 0 Å². The molecule has 0 bridgehead atoms. The molecule has 0 saturated carbocycles. The summed E-state index contributed by atoms with van der Waals surface area (Å²) < 4.78 is 4.79. The second-order valence-corrected chi connectivity index (χ2v) is 4.56. The molecular formula is C12H16N2O5. The molecule has 0 spiro atoms. The van der Waals surface area contributed by atoms with Crippen molar-refractivity contribution in [3.05, 3.63) is 23.7 Å². The highest BCUT2D eigenvalue weighted by Crippen LogP contribution is 2.09. The van der Waals surface area contributed by atoms with Gasteiger partial charge in [-0.05, 0) is 12.3 Å². The molecule has 0 aliphatic heterocycles. The van der Waals surface area contributed by atoms with Gasteiger partial charge < -0.3 is 20.6 Å². The SMILES string of the molecule is CC(C)CC(NC(=O)c1coc(C(N)=O)c1)C(=O)O. The lowest BCUT2D eigenvalue weighted by molar-refractivity contribution is -0.139. The molecule has 0 aromatic carbocycles. The first-order valence-electron chi connectivity index (χ1n) is 5.73. The first-order chi connectivity index (χ1) is 8.81. The number of rotatable bonds is 6. The maximum Gasteiger partial charge on any atom is 0.326 e. The van der Waals surface area contributed by atoms with Crippen LogP contribution in [0.15, 0.2) is 16.7 Å². The summed E-state index contributed by atoms with van der Waals surface area (Å²) in [7, 11) is 0. The average Bonchev–Trinajstić information content (AvgIpc) is 2.76. The van der Waals surface area contributed by atoms with E-state index in [0.29, 0.717) is 6.42 Å². The number of furan rings is 1. The van der Waals surface area contributed by atoms with Crippen LogP contribution in [-0.2, 0) is 4.79 Å². The monoisotopic (exact) mass is 268 g/mol. The number of carbonyl (C=O) groups is 3. The summed E-state index contributed by atoms with van der Waals surface area (Å²) in [5.74, 6) is -2.56. The Morgan fingerprint density at radius 1 is 1.42 bits per heavy atom. The summed E-state index contributed by atoms with van der Waals surface area (Å²) in [6.07, 6.45) is 1.37. The van der Waals surface area contributed by atoms with Crippen LogP contribution >= 0.6 is 0 Å². The average molecular weight is 268 g/mol. The molecule has 7 nitrogen and oxygen atoms in total. The first kappa shape index (κ1) is 14.7. The van der Waals surface area contributed by atoms with E-state index >= 15 is 0 Å². The van der Waals surface area contributed by atoms with E-state index in [1.165, 1.54) is 6.07 Å². The van der Waals surface area contributed by atoms with Crippen LogP contribution in [0.5, 0.6) is 0 Å². The molecule has 0 fully saturated rings. The zero-order chi connectivity index (χ0) is 14.6. The van der Waals surface area contributed by atoms with E-state index in [2.05, 4.69) is 5.32 Å². The molecule has 0 saturated heterocycles. The highest BCUT2D eigenvalue weighted by Gasteiger charge is 2.23. The molecule has 19 heavy (non-hydrogen) atoms. The van der Waals surface area contributed by atoms with E-state index in [4.69, 9.17) is 15.3 Å². The van der Waals surface area contributed by atoms with E-state index in [9.17, 15) is 14.4 Å². The normalized spacial score (nSPS) is 12.2. The summed E-state index contributed by atoms with van der Waals surface area (Å²) in [5.41, 5.74) is 5.04. The minimum atomic E-state index is -1.11. The lowest BCUT2D eigenvalue weighted by Gasteiger charge is -2.15. The highest BCUT2D eigenvalue weighted by molar-refractivity contribution is 5.99. The zero-order valence-electron chi connectivity index (χ0n) is 10.7. The van der Waals surface area contributed by atoms with Crippen LogP contribution < -0.4 is 11.1 Å². The van der Waals surface area contributed by atoms with Crippen molar-refractivity contribution in [2.24, 2.45) is 11.7 Å². The molecule has 0 aliphatic rings. The van der Waals surface area contributed by atoms with Crippen LogP contribution in [0.1, 0.15) is 41.2 Å². The number of nitrogens with one attached hydrogen (secondary N) is 1. The predicted octanol–water partition coefficient (Wildman–Crippen LogP) is 0.608. The van der Waals surface area contributed by atoms with Gasteiger partial charge in [-0.1, -0.05) is 13.8 Å². The van der Waals surface area contributed by atoms with Crippen LogP contribution in [0.2, 0.25) is 0 Å². The first-order valence-corrected chi connectivity index (χ1v) is 5.73. The Balaban J connectivity index is 2.75. The minimum absolute atomic E-state index is 0.0591. The molecule has 4 N–H and O–H groups in total. The van der Waals surface area contributed by atoms with Crippen LogP contribution in [0.25, 0.3) is 0 Å². The molecule has 7 heteroatoms. The maximum atomic E-state index is 11.8. The predicted molar refractivity (Wildman–Crippen MR) is 65.6 cm³/mol. The summed E-state index contributed by atoms with van der Waals surface area (Å²) in [6, 6.07) is 0.186. The highest BCUT2D eigenvalue weighted by atomic mass is 16.4. The maximum absolute atomic E-state index is 11.8. The number of aliphatic carboxylic acids is 1. The number of carbonyl (C=O) groups excluding carboxylic acids is 2. The van der Waals surface area contributed by atoms with Crippen molar-refractivity contribution in [3.63, 3.8) is 0 Å². The van der Waals surface area contributed by atoms with E-state index < -0.39 is 23.8 Å². The molecule has 1 atom stereocenters. The molecule has 1 aromatic rings. The Hall–Kier alpha value is -2.31. The summed E-state index contributed by atoms with van der Waals surface area (Å²) in [5, 5.41) is 11.4. The number of carboxylic acid groups (broad SMARTS) is 1. The van der Waals surface area contributed by atoms with E-state index in [1.54, 1.807) is 0 Å². The quantitative estimate of drug-likeness (QED) is 0.697. The number of amides is 2. The molecule has 2 amide bonds. The van der Waals surface area contributed by atoms with Gasteiger partial charge in [-0.2, -0.15) is 0 Å². The van der Waals surface area contributed by atoms with Gasteiger partial charge in [0.05, 0.1) is 5.56 Å². The van der Waals surface area contributed by atoms with Crippen molar-refractivity contribution >= 4 is 17.8 Å². The van der Waals surface area contributed by atoms with Gasteiger partial charge in [-0.3, -0.25) is 9.59 Å². The van der Waals surface area contributed by atoms with E-state index in [0.717, 1.165) is 6.26 Å². The summed E-state index contributed by atoms with van der Waals surface area (Å²) >= 11 is 0. The summed E-state index contributed by atoms with van der Waals surface area (Å²) in [6.45, 7) is 3.70. The van der Waals surface area contributed by atoms with Gasteiger partial charge in [-0.25, -0.2) is 4.79 Å². The lowest BCUT2D eigenvalue weighted by Crippen LogP contribution is -2.41. The molecule has 1 heterocycles. The van der Waals surface area contributed by atoms with Crippen molar-refractivity contribution in [2.45, 2.75) is 26.3 Å². The third-order valence-electron chi connectivity index (χ3n) is 2.42. The van der Waals surface area contributed by atoms with Crippen LogP contribution in [0.3, 0.4) is 0 Å². The Kier molecular flexibility index (Phi) is 4.68. The number of nitrogens with two attached hydrogens (primary N) is 1. The van der Waals surface area contributed by atoms with E-state index in [1.807, 2.05) is 13.8 Å². The Morgan fingerprint density at radius 3 is 2.47 bits per heavy atom. The number of hydrogen-bond acceptors (Lipinski definition) is 4. The van der Waals surface area contributed by atoms with Crippen LogP contribution in [0, 0.1) is 5.92 Å². The fourth-order valence-electron chi connectivity index (χ4n) is 1.52. The molecule has 0 aliphatic carbocycles. The smallest absolute Gasteiger partial charge is 0.326 e. The lowest BCUT2D eigenvalue weighted by atomic mass is 10.0. The second-order valence-electron chi connectivity index (χ2n) is 4.56. The number of primary amides is 1. The standard InChI is InChI=1S/C12H16N2O5/c1-6(2)3-8(12(17)18)14-11(16)7-4-9(10(13)15)19-5-7/h4-6,8H,3H2,1-2H3,(H2,13,15)(H,14,16)(H,17,18). The molecule has 1 aromatic heterocycles. The van der Waals surface area contributed by atoms with Crippen molar-refractivity contribution in [3.8, 4) is 0 Å². The van der Waals surface area contributed by atoms with E-state index in [-0.39, 0.29) is 17.2 Å². The third-order valence-corrected chi connectivity index (χ3v) is 2.42. The largest absolute Gasteiger partial charge is 0.480 e. The molecule has 1 unspecified atom stereocenters. The third kappa shape index (κ3) is 4.13. The Labute approximate surface area is 109 Å². The number of carboxylic acids is 1. The zero-order valence-corrected chi connectivity index (χ0v) is 10.7. The van der Waals surface area contributed by atoms with Gasteiger partial charge in [-0.15, -0.1) is 0 Å². The van der Waals surface area contributed by atoms with Crippen molar-refractivity contribution in [2.75, 3.05) is 0 Å². The van der Waals surface area contributed by atoms with Gasteiger partial charge >= 0.3 is 5.97 Å². The van der Waals surface area contributed by atoms with Crippen molar-refractivity contribution in [1.29, 1.82) is 0 Å². The molecule has 0 radical (unpaired) electrons.